The van der Waals surface area contributed by atoms with Gasteiger partial charge in [-0.05, 0) is 42.3 Å². The number of carbonyl (C=O) groups excluding carboxylic acids is 1. The van der Waals surface area contributed by atoms with Crippen molar-refractivity contribution in [1.82, 2.24) is 4.72 Å². The third-order valence-electron chi connectivity index (χ3n) is 2.20. The highest BCUT2D eigenvalue weighted by Crippen LogP contribution is 2.43. The number of nitrogens with one attached hydrogen (secondary N) is 1. The van der Waals surface area contributed by atoms with Gasteiger partial charge < -0.3 is 5.73 Å². The summed E-state index contributed by atoms with van der Waals surface area (Å²) in [6.07, 6.45) is 2.52. The summed E-state index contributed by atoms with van der Waals surface area (Å²) >= 11 is 1.30. The van der Waals surface area contributed by atoms with Crippen LogP contribution in [-0.2, 0) is 0 Å². The maximum Gasteiger partial charge on any atom is 0.322 e. The smallest absolute Gasteiger partial charge is 0.322 e. The molecule has 14 heavy (non-hydrogen) atoms. The molecular formula is C10H12N2OS. The van der Waals surface area contributed by atoms with Crippen molar-refractivity contribution in [3.05, 3.63) is 29.8 Å². The van der Waals surface area contributed by atoms with Crippen LogP contribution in [0.2, 0.25) is 0 Å². The van der Waals surface area contributed by atoms with Gasteiger partial charge in [-0.3, -0.25) is 4.72 Å². The van der Waals surface area contributed by atoms with E-state index in [0.717, 1.165) is 4.90 Å². The molecule has 0 spiro atoms. The summed E-state index contributed by atoms with van der Waals surface area (Å²) in [5, 5.41) is 0. The molecule has 3 nitrogen and oxygen atoms in total. The molecule has 1 saturated carbocycles. The molecule has 1 fully saturated rings. The third-order valence-corrected chi connectivity index (χ3v) is 3.09. The standard InChI is InChI=1S/C10H12N2OS/c11-10(13)12-14-9-4-2-1-3-8(9)7-5-6-7/h1-4,7H,5-6H2,(H3,11,12,13). The quantitative estimate of drug-likeness (QED) is 0.748. The lowest BCUT2D eigenvalue weighted by Crippen LogP contribution is -2.22. The maximum atomic E-state index is 10.6. The molecule has 4 heteroatoms. The highest BCUT2D eigenvalue weighted by atomic mass is 32.2. The largest absolute Gasteiger partial charge is 0.351 e. The van der Waals surface area contributed by atoms with Crippen molar-refractivity contribution in [3.8, 4) is 0 Å². The fourth-order valence-corrected chi connectivity index (χ4v) is 2.12. The van der Waals surface area contributed by atoms with E-state index in [1.807, 2.05) is 18.2 Å². The topological polar surface area (TPSA) is 55.1 Å². The van der Waals surface area contributed by atoms with Crippen molar-refractivity contribution in [3.63, 3.8) is 0 Å². The van der Waals surface area contributed by atoms with Gasteiger partial charge in [0.2, 0.25) is 0 Å². The molecule has 0 atom stereocenters. The van der Waals surface area contributed by atoms with Gasteiger partial charge in [0.1, 0.15) is 0 Å². The van der Waals surface area contributed by atoms with Gasteiger partial charge in [0, 0.05) is 4.90 Å². The molecule has 0 heterocycles. The molecule has 1 aliphatic rings. The summed E-state index contributed by atoms with van der Waals surface area (Å²) in [5.41, 5.74) is 6.34. The Morgan fingerprint density at radius 3 is 2.79 bits per heavy atom. The predicted octanol–water partition coefficient (Wildman–Crippen LogP) is 2.24. The zero-order chi connectivity index (χ0) is 9.97. The first kappa shape index (κ1) is 9.40. The molecule has 0 bridgehead atoms. The van der Waals surface area contributed by atoms with Crippen LogP contribution in [0.15, 0.2) is 29.2 Å². The number of rotatable bonds is 3. The molecule has 2 amide bonds. The Morgan fingerprint density at radius 2 is 2.14 bits per heavy atom. The number of carbonyl (C=O) groups is 1. The van der Waals surface area contributed by atoms with Crippen LogP contribution < -0.4 is 10.5 Å². The second-order valence-electron chi connectivity index (χ2n) is 3.38. The Labute approximate surface area is 87.2 Å². The number of primary amides is 1. The fraction of sp³-hybridized carbons (Fsp3) is 0.300. The predicted molar refractivity (Wildman–Crippen MR) is 57.0 cm³/mol. The molecule has 3 N–H and O–H groups in total. The van der Waals surface area contributed by atoms with E-state index in [1.54, 1.807) is 0 Å². The second kappa shape index (κ2) is 3.92. The van der Waals surface area contributed by atoms with E-state index in [0.29, 0.717) is 5.92 Å². The Morgan fingerprint density at radius 1 is 1.43 bits per heavy atom. The molecule has 1 aromatic rings. The van der Waals surface area contributed by atoms with Crippen molar-refractivity contribution in [2.75, 3.05) is 0 Å². The number of hydrogen-bond donors (Lipinski definition) is 2. The second-order valence-corrected chi connectivity index (χ2v) is 4.23. The summed E-state index contributed by atoms with van der Waals surface area (Å²) in [6, 6.07) is 7.62. The first-order valence-corrected chi connectivity index (χ1v) is 5.40. The van der Waals surface area contributed by atoms with Crippen molar-refractivity contribution in [2.45, 2.75) is 23.7 Å². The number of benzene rings is 1. The fourth-order valence-electron chi connectivity index (χ4n) is 1.41. The SMILES string of the molecule is NC(=O)NSc1ccccc1C1CC1. The highest BCUT2D eigenvalue weighted by Gasteiger charge is 2.25. The van der Waals surface area contributed by atoms with E-state index in [2.05, 4.69) is 10.8 Å². The Balaban J connectivity index is 2.10. The third kappa shape index (κ3) is 2.20. The Bertz CT molecular complexity index is 350. The van der Waals surface area contributed by atoms with E-state index < -0.39 is 6.03 Å². The molecule has 1 aliphatic carbocycles. The Kier molecular flexibility index (Phi) is 2.63. The lowest BCUT2D eigenvalue weighted by molar-refractivity contribution is 0.254. The van der Waals surface area contributed by atoms with Crippen LogP contribution >= 0.6 is 11.9 Å². The van der Waals surface area contributed by atoms with Crippen molar-refractivity contribution >= 4 is 18.0 Å². The molecule has 0 unspecified atom stereocenters. The minimum absolute atomic E-state index is 0.499. The summed E-state index contributed by atoms with van der Waals surface area (Å²) < 4.78 is 2.54. The van der Waals surface area contributed by atoms with E-state index in [-0.39, 0.29) is 0 Å². The molecule has 1 aromatic carbocycles. The van der Waals surface area contributed by atoms with Crippen LogP contribution in [0.3, 0.4) is 0 Å². The minimum Gasteiger partial charge on any atom is -0.351 e. The van der Waals surface area contributed by atoms with E-state index in [9.17, 15) is 4.79 Å². The molecule has 0 radical (unpaired) electrons. The molecule has 2 rings (SSSR count). The van der Waals surface area contributed by atoms with Crippen LogP contribution in [0.5, 0.6) is 0 Å². The lowest BCUT2D eigenvalue weighted by atomic mass is 10.1. The first-order valence-electron chi connectivity index (χ1n) is 4.58. The number of hydrogen-bond acceptors (Lipinski definition) is 2. The summed E-state index contributed by atoms with van der Waals surface area (Å²) in [4.78, 5) is 11.7. The average molecular weight is 208 g/mol. The van der Waals surface area contributed by atoms with Crippen LogP contribution in [0.25, 0.3) is 0 Å². The van der Waals surface area contributed by atoms with Crippen LogP contribution in [0.1, 0.15) is 24.3 Å². The molecule has 0 saturated heterocycles. The number of urea groups is 1. The van der Waals surface area contributed by atoms with Gasteiger partial charge in [0.25, 0.3) is 0 Å². The highest BCUT2D eigenvalue weighted by molar-refractivity contribution is 7.98. The van der Waals surface area contributed by atoms with Crippen molar-refractivity contribution in [2.24, 2.45) is 5.73 Å². The molecule has 0 aliphatic heterocycles. The van der Waals surface area contributed by atoms with Gasteiger partial charge in [-0.25, -0.2) is 4.79 Å². The normalized spacial score (nSPS) is 15.1. The molecular weight excluding hydrogens is 196 g/mol. The molecule has 74 valence electrons. The summed E-state index contributed by atoms with van der Waals surface area (Å²) in [5.74, 6) is 0.688. The minimum atomic E-state index is -0.499. The van der Waals surface area contributed by atoms with Crippen LogP contribution in [0.4, 0.5) is 4.79 Å². The van der Waals surface area contributed by atoms with Gasteiger partial charge in [-0.1, -0.05) is 18.2 Å². The van der Waals surface area contributed by atoms with Crippen LogP contribution in [-0.4, -0.2) is 6.03 Å². The van der Waals surface area contributed by atoms with Gasteiger partial charge in [0.15, 0.2) is 0 Å². The van der Waals surface area contributed by atoms with Gasteiger partial charge in [0.05, 0.1) is 0 Å². The van der Waals surface area contributed by atoms with Gasteiger partial charge >= 0.3 is 6.03 Å². The number of nitrogens with two attached hydrogens (primary N) is 1. The summed E-state index contributed by atoms with van der Waals surface area (Å²) in [6.45, 7) is 0. The van der Waals surface area contributed by atoms with Gasteiger partial charge in [-0.2, -0.15) is 0 Å². The number of amides is 2. The maximum absolute atomic E-state index is 10.6. The first-order chi connectivity index (χ1) is 6.77. The monoisotopic (exact) mass is 208 g/mol. The lowest BCUT2D eigenvalue weighted by Gasteiger charge is -2.06. The van der Waals surface area contributed by atoms with Crippen LogP contribution in [0, 0.1) is 0 Å². The van der Waals surface area contributed by atoms with E-state index in [4.69, 9.17) is 5.73 Å². The zero-order valence-electron chi connectivity index (χ0n) is 7.69. The van der Waals surface area contributed by atoms with Crippen molar-refractivity contribution in [1.29, 1.82) is 0 Å². The average Bonchev–Trinajstić information content (AvgIpc) is 2.98. The zero-order valence-corrected chi connectivity index (χ0v) is 8.51. The van der Waals surface area contributed by atoms with E-state index >= 15 is 0 Å². The van der Waals surface area contributed by atoms with E-state index in [1.165, 1.54) is 30.4 Å². The van der Waals surface area contributed by atoms with Gasteiger partial charge in [-0.15, -0.1) is 0 Å². The summed E-state index contributed by atoms with van der Waals surface area (Å²) in [7, 11) is 0. The van der Waals surface area contributed by atoms with Crippen molar-refractivity contribution < 1.29 is 4.79 Å². The Hall–Kier alpha value is -1.16. The molecule has 0 aromatic heterocycles.